The van der Waals surface area contributed by atoms with Gasteiger partial charge in [0.05, 0.1) is 6.04 Å². The number of carbonyl (C=O) groups is 3. The van der Waals surface area contributed by atoms with Crippen molar-refractivity contribution in [1.29, 1.82) is 0 Å². The number of carboxylic acids is 1. The highest BCUT2D eigenvalue weighted by atomic mass is 16.4. The number of nitrogens with zero attached hydrogens (tertiary/aromatic N) is 1. The predicted molar refractivity (Wildman–Crippen MR) is 68.6 cm³/mol. The van der Waals surface area contributed by atoms with Crippen LogP contribution in [0, 0.1) is 5.92 Å². The zero-order chi connectivity index (χ0) is 14.6. The third kappa shape index (κ3) is 3.66. The Morgan fingerprint density at radius 2 is 2.00 bits per heavy atom. The molecule has 0 saturated carbocycles. The number of carboxylic acid groups (broad SMARTS) is 1. The first kappa shape index (κ1) is 15.4. The monoisotopic (exact) mass is 271 g/mol. The molecule has 1 rings (SSSR count). The fourth-order valence-corrected chi connectivity index (χ4v) is 2.47. The molecule has 3 unspecified atom stereocenters. The van der Waals surface area contributed by atoms with Gasteiger partial charge in [0, 0.05) is 7.05 Å². The molecule has 0 bridgehead atoms. The summed E-state index contributed by atoms with van der Waals surface area (Å²) in [5, 5.41) is 13.8. The topological polar surface area (TPSA) is 98.7 Å². The van der Waals surface area contributed by atoms with Crippen molar-refractivity contribution in [1.82, 2.24) is 15.5 Å². The summed E-state index contributed by atoms with van der Waals surface area (Å²) in [5.74, 6) is -1.42. The number of likely N-dealkylation sites (tertiary alicyclic amines) is 1. The van der Waals surface area contributed by atoms with Crippen molar-refractivity contribution in [3.63, 3.8) is 0 Å². The zero-order valence-corrected chi connectivity index (χ0v) is 11.5. The lowest BCUT2D eigenvalue weighted by molar-refractivity contribution is -0.149. The summed E-state index contributed by atoms with van der Waals surface area (Å²) in [6.45, 7) is 4.03. The van der Waals surface area contributed by atoms with Gasteiger partial charge in [-0.25, -0.2) is 4.79 Å². The highest BCUT2D eigenvalue weighted by Crippen LogP contribution is 2.25. The molecule has 0 aromatic carbocycles. The molecule has 0 aromatic heterocycles. The van der Waals surface area contributed by atoms with E-state index in [1.807, 2.05) is 6.92 Å². The minimum Gasteiger partial charge on any atom is -0.480 e. The van der Waals surface area contributed by atoms with E-state index >= 15 is 0 Å². The van der Waals surface area contributed by atoms with Crippen molar-refractivity contribution in [2.75, 3.05) is 13.6 Å². The van der Waals surface area contributed by atoms with Crippen molar-refractivity contribution < 1.29 is 19.5 Å². The molecule has 1 aliphatic heterocycles. The van der Waals surface area contributed by atoms with E-state index in [1.54, 1.807) is 11.8 Å². The lowest BCUT2D eigenvalue weighted by atomic mass is 9.89. The standard InChI is InChI=1S/C12H21N3O4/c1-7-5-4-6-15(9(7)11(17)18)8(2)10(16)14-12(19)13-3/h7-9H,4-6H2,1-3H3,(H,17,18)(H2,13,14,16,19). The minimum absolute atomic E-state index is 0.0125. The molecule has 3 amide bonds. The lowest BCUT2D eigenvalue weighted by Gasteiger charge is -2.40. The third-order valence-electron chi connectivity index (χ3n) is 3.57. The number of hydrogen-bond acceptors (Lipinski definition) is 4. The van der Waals surface area contributed by atoms with Crippen LogP contribution in [0.5, 0.6) is 0 Å². The molecule has 1 fully saturated rings. The predicted octanol–water partition coefficient (Wildman–Crippen LogP) is 0.0156. The molecule has 0 radical (unpaired) electrons. The maximum Gasteiger partial charge on any atom is 0.321 e. The molecule has 0 aliphatic carbocycles. The Morgan fingerprint density at radius 3 is 2.53 bits per heavy atom. The summed E-state index contributed by atoms with van der Waals surface area (Å²) in [6, 6.07) is -1.92. The van der Waals surface area contributed by atoms with Crippen LogP contribution < -0.4 is 10.6 Å². The van der Waals surface area contributed by atoms with Crippen LogP contribution in [-0.4, -0.2) is 53.6 Å². The number of amides is 3. The number of nitrogens with one attached hydrogen (secondary N) is 2. The van der Waals surface area contributed by atoms with Gasteiger partial charge < -0.3 is 10.4 Å². The van der Waals surface area contributed by atoms with E-state index in [0.717, 1.165) is 12.8 Å². The first-order valence-electron chi connectivity index (χ1n) is 6.39. The summed E-state index contributed by atoms with van der Waals surface area (Å²) in [5.41, 5.74) is 0. The van der Waals surface area contributed by atoms with Crippen LogP contribution in [0.25, 0.3) is 0 Å². The van der Waals surface area contributed by atoms with E-state index in [-0.39, 0.29) is 5.92 Å². The quantitative estimate of drug-likeness (QED) is 0.672. The maximum absolute atomic E-state index is 11.9. The molecule has 0 spiro atoms. The van der Waals surface area contributed by atoms with Crippen LogP contribution in [0.2, 0.25) is 0 Å². The Morgan fingerprint density at radius 1 is 1.37 bits per heavy atom. The molecule has 0 aromatic rings. The summed E-state index contributed by atoms with van der Waals surface area (Å²) in [4.78, 5) is 36.0. The minimum atomic E-state index is -0.924. The van der Waals surface area contributed by atoms with Crippen LogP contribution >= 0.6 is 0 Å². The molecule has 108 valence electrons. The molecule has 3 atom stereocenters. The van der Waals surface area contributed by atoms with E-state index in [0.29, 0.717) is 6.54 Å². The van der Waals surface area contributed by atoms with E-state index in [4.69, 9.17) is 0 Å². The van der Waals surface area contributed by atoms with Gasteiger partial charge in [-0.1, -0.05) is 6.92 Å². The Kier molecular flexibility index (Phi) is 5.29. The van der Waals surface area contributed by atoms with Gasteiger partial charge in [-0.05, 0) is 32.2 Å². The second-order valence-electron chi connectivity index (χ2n) is 4.88. The largest absolute Gasteiger partial charge is 0.480 e. The van der Waals surface area contributed by atoms with Crippen LogP contribution in [0.15, 0.2) is 0 Å². The second kappa shape index (κ2) is 6.51. The van der Waals surface area contributed by atoms with Gasteiger partial charge in [-0.15, -0.1) is 0 Å². The van der Waals surface area contributed by atoms with Crippen molar-refractivity contribution in [2.45, 2.75) is 38.8 Å². The molecular weight excluding hydrogens is 250 g/mol. The number of carbonyl (C=O) groups excluding carboxylic acids is 2. The van der Waals surface area contributed by atoms with Crippen LogP contribution in [0.4, 0.5) is 4.79 Å². The number of aliphatic carboxylic acids is 1. The van der Waals surface area contributed by atoms with Gasteiger partial charge in [-0.3, -0.25) is 19.8 Å². The molecule has 1 heterocycles. The highest BCUT2D eigenvalue weighted by Gasteiger charge is 2.38. The van der Waals surface area contributed by atoms with E-state index in [2.05, 4.69) is 10.6 Å². The smallest absolute Gasteiger partial charge is 0.321 e. The molecule has 3 N–H and O–H groups in total. The summed E-state index contributed by atoms with van der Waals surface area (Å²) in [7, 11) is 1.41. The first-order valence-corrected chi connectivity index (χ1v) is 6.39. The maximum atomic E-state index is 11.9. The Bertz CT molecular complexity index is 372. The number of imide groups is 1. The number of rotatable bonds is 3. The normalized spacial score (nSPS) is 25.4. The Labute approximate surface area is 112 Å². The molecule has 19 heavy (non-hydrogen) atoms. The SMILES string of the molecule is CNC(=O)NC(=O)C(C)N1CCCC(C)C1C(=O)O. The van der Waals surface area contributed by atoms with Gasteiger partial charge in [-0.2, -0.15) is 0 Å². The lowest BCUT2D eigenvalue weighted by Crippen LogP contribution is -2.58. The zero-order valence-electron chi connectivity index (χ0n) is 11.5. The van der Waals surface area contributed by atoms with Crippen molar-refractivity contribution in [3.8, 4) is 0 Å². The average molecular weight is 271 g/mol. The van der Waals surface area contributed by atoms with Gasteiger partial charge in [0.2, 0.25) is 5.91 Å². The van der Waals surface area contributed by atoms with E-state index in [1.165, 1.54) is 7.05 Å². The number of urea groups is 1. The highest BCUT2D eigenvalue weighted by molar-refractivity contribution is 5.96. The summed E-state index contributed by atoms with van der Waals surface area (Å²) in [6.07, 6.45) is 1.68. The fraction of sp³-hybridized carbons (Fsp3) is 0.750. The summed E-state index contributed by atoms with van der Waals surface area (Å²) < 4.78 is 0. The molecule has 1 aliphatic rings. The van der Waals surface area contributed by atoms with Crippen LogP contribution in [0.1, 0.15) is 26.7 Å². The van der Waals surface area contributed by atoms with Gasteiger partial charge in [0.1, 0.15) is 6.04 Å². The molecule has 7 nitrogen and oxygen atoms in total. The first-order chi connectivity index (χ1) is 8.88. The molecule has 1 saturated heterocycles. The van der Waals surface area contributed by atoms with Gasteiger partial charge in [0.15, 0.2) is 0 Å². The second-order valence-corrected chi connectivity index (χ2v) is 4.88. The number of piperidine rings is 1. The van der Waals surface area contributed by atoms with Crippen molar-refractivity contribution >= 4 is 17.9 Å². The molecule has 7 heteroatoms. The van der Waals surface area contributed by atoms with Crippen molar-refractivity contribution in [2.24, 2.45) is 5.92 Å². The molecular formula is C12H21N3O4. The Hall–Kier alpha value is -1.63. The Balaban J connectivity index is 2.77. The van der Waals surface area contributed by atoms with Gasteiger partial charge >= 0.3 is 12.0 Å². The average Bonchev–Trinajstić information content (AvgIpc) is 2.36. The van der Waals surface area contributed by atoms with E-state index < -0.39 is 30.0 Å². The van der Waals surface area contributed by atoms with Crippen LogP contribution in [-0.2, 0) is 9.59 Å². The number of hydrogen-bond donors (Lipinski definition) is 3. The van der Waals surface area contributed by atoms with Gasteiger partial charge in [0.25, 0.3) is 0 Å². The van der Waals surface area contributed by atoms with Crippen LogP contribution in [0.3, 0.4) is 0 Å². The summed E-state index contributed by atoms with van der Waals surface area (Å²) >= 11 is 0. The van der Waals surface area contributed by atoms with E-state index in [9.17, 15) is 19.5 Å². The third-order valence-corrected chi connectivity index (χ3v) is 3.57. The fourth-order valence-electron chi connectivity index (χ4n) is 2.47. The van der Waals surface area contributed by atoms with Crippen molar-refractivity contribution in [3.05, 3.63) is 0 Å².